The van der Waals surface area contributed by atoms with E-state index in [-0.39, 0.29) is 12.3 Å². The third-order valence-corrected chi connectivity index (χ3v) is 4.14. The fourth-order valence-electron chi connectivity index (χ4n) is 2.86. The van der Waals surface area contributed by atoms with Gasteiger partial charge in [-0.25, -0.2) is 0 Å². The lowest BCUT2D eigenvalue weighted by molar-refractivity contribution is -0.139. The SMILES string of the molecule is COc1ccccc1OC(=O)[C@H]1CC(=O)N(c2ccccc2C)C1. The molecular weight excluding hydrogens is 306 g/mol. The number of para-hydroxylation sites is 3. The highest BCUT2D eigenvalue weighted by Crippen LogP contribution is 2.31. The number of ether oxygens (including phenoxy) is 2. The number of benzene rings is 2. The van der Waals surface area contributed by atoms with Gasteiger partial charge in [0.1, 0.15) is 0 Å². The summed E-state index contributed by atoms with van der Waals surface area (Å²) in [5.41, 5.74) is 1.85. The van der Waals surface area contributed by atoms with Crippen molar-refractivity contribution in [1.82, 2.24) is 0 Å². The van der Waals surface area contributed by atoms with Crippen LogP contribution in [0.4, 0.5) is 5.69 Å². The van der Waals surface area contributed by atoms with Gasteiger partial charge in [-0.2, -0.15) is 0 Å². The number of rotatable bonds is 4. The number of aryl methyl sites for hydroxylation is 1. The molecule has 0 radical (unpaired) electrons. The lowest BCUT2D eigenvalue weighted by atomic mass is 10.1. The van der Waals surface area contributed by atoms with Gasteiger partial charge in [-0.15, -0.1) is 0 Å². The Labute approximate surface area is 140 Å². The number of nitrogens with zero attached hydrogens (tertiary/aromatic N) is 1. The lowest BCUT2D eigenvalue weighted by Gasteiger charge is -2.18. The van der Waals surface area contributed by atoms with Gasteiger partial charge in [0.05, 0.1) is 13.0 Å². The zero-order chi connectivity index (χ0) is 17.1. The number of esters is 1. The van der Waals surface area contributed by atoms with Gasteiger partial charge in [-0.05, 0) is 30.7 Å². The summed E-state index contributed by atoms with van der Waals surface area (Å²) in [7, 11) is 1.52. The third kappa shape index (κ3) is 3.11. The van der Waals surface area contributed by atoms with E-state index in [1.807, 2.05) is 31.2 Å². The van der Waals surface area contributed by atoms with Crippen molar-refractivity contribution in [2.24, 2.45) is 5.92 Å². The molecule has 5 nitrogen and oxygen atoms in total. The summed E-state index contributed by atoms with van der Waals surface area (Å²) < 4.78 is 10.6. The highest BCUT2D eigenvalue weighted by molar-refractivity contribution is 6.00. The van der Waals surface area contributed by atoms with Crippen LogP contribution in [0, 0.1) is 12.8 Å². The summed E-state index contributed by atoms with van der Waals surface area (Å²) in [4.78, 5) is 26.4. The van der Waals surface area contributed by atoms with Gasteiger partial charge in [0.25, 0.3) is 0 Å². The minimum absolute atomic E-state index is 0.0636. The van der Waals surface area contributed by atoms with E-state index in [1.165, 1.54) is 7.11 Å². The first-order valence-corrected chi connectivity index (χ1v) is 7.81. The standard InChI is InChI=1S/C19H19NO4/c1-13-7-3-4-8-15(13)20-12-14(11-18(20)21)19(22)24-17-10-6-5-9-16(17)23-2/h3-10,14H,11-12H2,1-2H3/t14-/m0/s1. The van der Waals surface area contributed by atoms with E-state index in [9.17, 15) is 9.59 Å². The minimum Gasteiger partial charge on any atom is -0.493 e. The summed E-state index contributed by atoms with van der Waals surface area (Å²) in [6.45, 7) is 2.28. The van der Waals surface area contributed by atoms with Crippen LogP contribution in [0.5, 0.6) is 11.5 Å². The molecule has 2 aromatic carbocycles. The molecule has 1 aliphatic rings. The van der Waals surface area contributed by atoms with Crippen molar-refractivity contribution in [3.63, 3.8) is 0 Å². The van der Waals surface area contributed by atoms with Crippen LogP contribution in [-0.4, -0.2) is 25.5 Å². The second-order valence-corrected chi connectivity index (χ2v) is 5.76. The maximum absolute atomic E-state index is 12.4. The number of carbonyl (C=O) groups excluding carboxylic acids is 2. The summed E-state index contributed by atoms with van der Waals surface area (Å²) in [6, 6.07) is 14.6. The molecule has 0 spiro atoms. The fraction of sp³-hybridized carbons (Fsp3) is 0.263. The molecule has 24 heavy (non-hydrogen) atoms. The molecule has 0 bridgehead atoms. The van der Waals surface area contributed by atoms with Crippen molar-refractivity contribution in [1.29, 1.82) is 0 Å². The smallest absolute Gasteiger partial charge is 0.316 e. The summed E-state index contributed by atoms with van der Waals surface area (Å²) in [5, 5.41) is 0. The third-order valence-electron chi connectivity index (χ3n) is 4.14. The Balaban J connectivity index is 1.74. The van der Waals surface area contributed by atoms with Gasteiger partial charge in [0, 0.05) is 18.7 Å². The van der Waals surface area contributed by atoms with Gasteiger partial charge < -0.3 is 14.4 Å². The van der Waals surface area contributed by atoms with Crippen molar-refractivity contribution in [3.8, 4) is 11.5 Å². The average Bonchev–Trinajstić information content (AvgIpc) is 2.97. The molecule has 0 unspecified atom stereocenters. The van der Waals surface area contributed by atoms with Crippen molar-refractivity contribution in [3.05, 3.63) is 54.1 Å². The molecule has 1 saturated heterocycles. The number of hydrogen-bond acceptors (Lipinski definition) is 4. The van der Waals surface area contributed by atoms with E-state index in [0.29, 0.717) is 18.0 Å². The number of anilines is 1. The molecule has 1 fully saturated rings. The topological polar surface area (TPSA) is 55.8 Å². The monoisotopic (exact) mass is 325 g/mol. The van der Waals surface area contributed by atoms with Crippen LogP contribution < -0.4 is 14.4 Å². The Kier molecular flexibility index (Phi) is 4.51. The van der Waals surface area contributed by atoms with E-state index < -0.39 is 11.9 Å². The Morgan fingerprint density at radius 2 is 1.75 bits per heavy atom. The van der Waals surface area contributed by atoms with Crippen LogP contribution in [0.25, 0.3) is 0 Å². The minimum atomic E-state index is -0.484. The van der Waals surface area contributed by atoms with Crippen LogP contribution in [0.2, 0.25) is 0 Å². The first-order chi connectivity index (χ1) is 11.6. The van der Waals surface area contributed by atoms with Crippen LogP contribution in [0.3, 0.4) is 0 Å². The second-order valence-electron chi connectivity index (χ2n) is 5.76. The van der Waals surface area contributed by atoms with Crippen LogP contribution in [-0.2, 0) is 9.59 Å². The van der Waals surface area contributed by atoms with E-state index in [0.717, 1.165) is 11.3 Å². The molecule has 2 aromatic rings. The maximum atomic E-state index is 12.4. The van der Waals surface area contributed by atoms with Crippen LogP contribution in [0.15, 0.2) is 48.5 Å². The van der Waals surface area contributed by atoms with E-state index in [2.05, 4.69) is 0 Å². The first-order valence-electron chi connectivity index (χ1n) is 7.81. The highest BCUT2D eigenvalue weighted by atomic mass is 16.6. The largest absolute Gasteiger partial charge is 0.493 e. The molecule has 0 N–H and O–H groups in total. The van der Waals surface area contributed by atoms with E-state index in [4.69, 9.17) is 9.47 Å². The predicted octanol–water partition coefficient (Wildman–Crippen LogP) is 2.96. The Bertz CT molecular complexity index is 771. The van der Waals surface area contributed by atoms with Crippen LogP contribution >= 0.6 is 0 Å². The molecule has 1 amide bonds. The molecule has 1 atom stereocenters. The fourth-order valence-corrected chi connectivity index (χ4v) is 2.86. The van der Waals surface area contributed by atoms with Crippen molar-refractivity contribution in [2.75, 3.05) is 18.6 Å². The van der Waals surface area contributed by atoms with Crippen molar-refractivity contribution < 1.29 is 19.1 Å². The Morgan fingerprint density at radius 3 is 2.46 bits per heavy atom. The van der Waals surface area contributed by atoms with Gasteiger partial charge >= 0.3 is 5.97 Å². The zero-order valence-electron chi connectivity index (χ0n) is 13.7. The van der Waals surface area contributed by atoms with Gasteiger partial charge in [-0.3, -0.25) is 9.59 Å². The Morgan fingerprint density at radius 1 is 1.08 bits per heavy atom. The molecular formula is C19H19NO4. The van der Waals surface area contributed by atoms with Gasteiger partial charge in [0.2, 0.25) is 5.91 Å². The Hall–Kier alpha value is -2.82. The average molecular weight is 325 g/mol. The molecule has 5 heteroatoms. The molecule has 0 saturated carbocycles. The van der Waals surface area contributed by atoms with Crippen LogP contribution in [0.1, 0.15) is 12.0 Å². The molecule has 1 heterocycles. The van der Waals surface area contributed by atoms with Gasteiger partial charge in [-0.1, -0.05) is 30.3 Å². The van der Waals surface area contributed by atoms with Gasteiger partial charge in [0.15, 0.2) is 11.5 Å². The molecule has 0 aromatic heterocycles. The maximum Gasteiger partial charge on any atom is 0.316 e. The van der Waals surface area contributed by atoms with E-state index >= 15 is 0 Å². The molecule has 3 rings (SSSR count). The molecule has 0 aliphatic carbocycles. The van der Waals surface area contributed by atoms with E-state index in [1.54, 1.807) is 29.2 Å². The van der Waals surface area contributed by atoms with Crippen molar-refractivity contribution >= 4 is 17.6 Å². The normalized spacial score (nSPS) is 17.0. The second kappa shape index (κ2) is 6.74. The molecule has 1 aliphatic heterocycles. The first kappa shape index (κ1) is 16.1. The summed E-state index contributed by atoms with van der Waals surface area (Å²) >= 11 is 0. The lowest BCUT2D eigenvalue weighted by Crippen LogP contribution is -2.27. The summed E-state index contributed by atoms with van der Waals surface area (Å²) in [6.07, 6.45) is 0.155. The highest BCUT2D eigenvalue weighted by Gasteiger charge is 2.37. The number of hydrogen-bond donors (Lipinski definition) is 0. The quantitative estimate of drug-likeness (QED) is 0.640. The summed E-state index contributed by atoms with van der Waals surface area (Å²) in [5.74, 6) is -0.102. The number of carbonyl (C=O) groups is 2. The predicted molar refractivity (Wildman–Crippen MR) is 90.3 cm³/mol. The zero-order valence-corrected chi connectivity index (χ0v) is 13.7. The van der Waals surface area contributed by atoms with Crippen molar-refractivity contribution in [2.45, 2.75) is 13.3 Å². The number of methoxy groups -OCH3 is 1. The number of amides is 1. The molecule has 124 valence electrons.